The van der Waals surface area contributed by atoms with E-state index < -0.39 is 0 Å². The van der Waals surface area contributed by atoms with Gasteiger partial charge in [-0.05, 0) is 98.2 Å². The molecule has 3 aliphatic rings. The Bertz CT molecular complexity index is 2600. The summed E-state index contributed by atoms with van der Waals surface area (Å²) in [4.78, 5) is 41.5. The van der Waals surface area contributed by atoms with Gasteiger partial charge in [0.1, 0.15) is 0 Å². The summed E-state index contributed by atoms with van der Waals surface area (Å²) in [5.74, 6) is 0.978. The van der Waals surface area contributed by atoms with Crippen molar-refractivity contribution in [3.63, 3.8) is 0 Å². The largest absolute Gasteiger partial charge is 0.376 e. The number of pyridine rings is 2. The van der Waals surface area contributed by atoms with E-state index in [2.05, 4.69) is 76.3 Å². The molecular formula is C41H41N11O4S2. The molecule has 2 saturated carbocycles. The second kappa shape index (κ2) is 17.3. The summed E-state index contributed by atoms with van der Waals surface area (Å²) in [5.41, 5.74) is 5.70. The van der Waals surface area contributed by atoms with Gasteiger partial charge in [0.25, 0.3) is 0 Å². The molecule has 58 heavy (non-hydrogen) atoms. The molecule has 0 radical (unpaired) electrons. The smallest absolute Gasteiger partial charge is 0.249 e. The van der Waals surface area contributed by atoms with Crippen molar-refractivity contribution in [2.75, 3.05) is 30.4 Å². The maximum Gasteiger partial charge on any atom is 0.249 e. The number of hydrogen-bond donors (Lipinski definition) is 3. The first-order chi connectivity index (χ1) is 28.5. The van der Waals surface area contributed by atoms with Crippen LogP contribution in [0, 0.1) is 11.8 Å². The molecule has 0 bridgehead atoms. The van der Waals surface area contributed by atoms with E-state index in [0.717, 1.165) is 81.5 Å². The molecule has 0 unspecified atom stereocenters. The van der Waals surface area contributed by atoms with E-state index in [1.54, 1.807) is 31.7 Å². The zero-order valence-corrected chi connectivity index (χ0v) is 33.2. The number of nitrogens with zero attached hydrogens (tertiary/aromatic N) is 8. The molecule has 10 rings (SSSR count). The van der Waals surface area contributed by atoms with Crippen LogP contribution in [0.25, 0.3) is 32.4 Å². The molecule has 7 aromatic heterocycles. The first kappa shape index (κ1) is 37.7. The van der Waals surface area contributed by atoms with Crippen molar-refractivity contribution in [1.82, 2.24) is 39.4 Å². The van der Waals surface area contributed by atoms with E-state index in [9.17, 15) is 9.59 Å². The summed E-state index contributed by atoms with van der Waals surface area (Å²) < 4.78 is 15.2. The van der Waals surface area contributed by atoms with Crippen molar-refractivity contribution in [3.8, 4) is 21.1 Å². The normalized spacial score (nSPS) is 14.8. The molecule has 17 heteroatoms. The summed E-state index contributed by atoms with van der Waals surface area (Å²) in [7, 11) is 0. The van der Waals surface area contributed by atoms with E-state index >= 15 is 0 Å². The molecule has 0 saturated heterocycles. The molecule has 0 spiro atoms. The number of ether oxygens (including phenoxy) is 2. The van der Waals surface area contributed by atoms with Crippen molar-refractivity contribution in [2.24, 2.45) is 16.8 Å². The van der Waals surface area contributed by atoms with Crippen LogP contribution >= 0.6 is 22.7 Å². The number of aromatic nitrogens is 8. The molecule has 1 aliphatic heterocycles. The number of nitrogens with one attached hydrogen (secondary N) is 3. The van der Waals surface area contributed by atoms with Crippen LogP contribution < -0.4 is 10.6 Å². The van der Waals surface area contributed by atoms with Gasteiger partial charge in [-0.3, -0.25) is 30.3 Å². The highest BCUT2D eigenvalue weighted by Crippen LogP contribution is 2.33. The fourth-order valence-corrected chi connectivity index (χ4v) is 8.20. The number of rotatable bonds is 16. The second-order valence-electron chi connectivity index (χ2n) is 14.3. The number of anilines is 2. The number of hydrogen-bond acceptors (Lipinski definition) is 12. The Balaban J connectivity index is 0.000000150. The first-order valence-corrected chi connectivity index (χ1v) is 21.0. The van der Waals surface area contributed by atoms with Crippen molar-refractivity contribution in [3.05, 3.63) is 100 Å². The van der Waals surface area contributed by atoms with Crippen LogP contribution in [-0.2, 0) is 38.7 Å². The Morgan fingerprint density at radius 2 is 1.31 bits per heavy atom. The minimum atomic E-state index is 0.00781. The van der Waals surface area contributed by atoms with Crippen LogP contribution in [0.1, 0.15) is 47.4 Å². The molecule has 2 amide bonds. The Morgan fingerprint density at radius 1 is 0.741 bits per heavy atom. The molecular weight excluding hydrogens is 775 g/mol. The standard InChI is InChI=1S/C21H21N5O2S.C20H20N6O2S/c27-20(15-4-5-15)24-21-23-19-3-1-2-17(26(19)25-21)18-7-6-16(29-18)13-28-11-9-14-8-10-22-12-14;27-19(14-4-5-14)24-20-23-18-3-1-2-16(26(18)25-20)17-7-6-15(29-17)12-28-9-8-13-10-21-22-11-13/h1-3,6-8,12,15H,4-5,9-11,13H2,(H,24,25,27);1-3,6-7,10-11,14H,4-5,8-9,12H2,(H,21,22)(H,24,25,27). The average molecular weight is 816 g/mol. The molecule has 296 valence electrons. The van der Waals surface area contributed by atoms with Gasteiger partial charge in [-0.1, -0.05) is 18.2 Å². The average Bonchev–Trinajstić information content (AvgIpc) is 3.72. The van der Waals surface area contributed by atoms with Gasteiger partial charge < -0.3 is 9.47 Å². The van der Waals surface area contributed by atoms with Crippen molar-refractivity contribution >= 4 is 63.9 Å². The number of H-pyrrole nitrogens is 1. The molecule has 3 N–H and O–H groups in total. The lowest BCUT2D eigenvalue weighted by atomic mass is 10.2. The van der Waals surface area contributed by atoms with Crippen LogP contribution in [0.15, 0.2) is 89.7 Å². The number of aromatic amines is 1. The third kappa shape index (κ3) is 9.29. The molecule has 0 atom stereocenters. The van der Waals surface area contributed by atoms with Gasteiger partial charge in [-0.2, -0.15) is 15.1 Å². The van der Waals surface area contributed by atoms with E-state index in [4.69, 9.17) is 9.47 Å². The van der Waals surface area contributed by atoms with Crippen LogP contribution in [0.2, 0.25) is 0 Å². The summed E-state index contributed by atoms with van der Waals surface area (Å²) in [6.07, 6.45) is 13.3. The highest BCUT2D eigenvalue weighted by Gasteiger charge is 2.31. The molecule has 15 nitrogen and oxygen atoms in total. The molecule has 2 fully saturated rings. The van der Waals surface area contributed by atoms with E-state index in [1.807, 2.05) is 55.0 Å². The van der Waals surface area contributed by atoms with Gasteiger partial charge in [0.2, 0.25) is 23.7 Å². The number of amides is 2. The minimum Gasteiger partial charge on any atom is -0.376 e. The number of carbonyl (C=O) groups is 2. The Kier molecular flexibility index (Phi) is 11.2. The van der Waals surface area contributed by atoms with E-state index in [0.29, 0.717) is 49.6 Å². The molecule has 0 aromatic carbocycles. The summed E-state index contributed by atoms with van der Waals surface area (Å²) in [5, 5.41) is 21.4. The van der Waals surface area contributed by atoms with Crippen LogP contribution in [0.4, 0.5) is 11.9 Å². The molecule has 7 aromatic rings. The summed E-state index contributed by atoms with van der Waals surface area (Å²) in [6.45, 7) is 3.29. The van der Waals surface area contributed by atoms with E-state index in [1.165, 1.54) is 5.57 Å². The quantitative estimate of drug-likeness (QED) is 0.0866. The van der Waals surface area contributed by atoms with Crippen LogP contribution in [-0.4, -0.2) is 77.2 Å². The lowest BCUT2D eigenvalue weighted by Gasteiger charge is -2.02. The Hall–Kier alpha value is -5.88. The van der Waals surface area contributed by atoms with Crippen LogP contribution in [0.3, 0.4) is 0 Å². The summed E-state index contributed by atoms with van der Waals surface area (Å²) >= 11 is 3.35. The number of fused-ring (bicyclic) bond motifs is 2. The van der Waals surface area contributed by atoms with Crippen molar-refractivity contribution < 1.29 is 19.1 Å². The minimum absolute atomic E-state index is 0.00781. The third-order valence-corrected chi connectivity index (χ3v) is 11.9. The van der Waals surface area contributed by atoms with Gasteiger partial charge in [0.05, 0.1) is 60.3 Å². The Morgan fingerprint density at radius 3 is 1.81 bits per heavy atom. The molecule has 2 aliphatic carbocycles. The lowest BCUT2D eigenvalue weighted by Crippen LogP contribution is -2.14. The number of aliphatic imine (C=N–C) groups is 1. The van der Waals surface area contributed by atoms with Gasteiger partial charge in [-0.15, -0.1) is 32.9 Å². The topological polar surface area (TPSA) is 178 Å². The number of thiophene rings is 2. The predicted octanol–water partition coefficient (Wildman–Crippen LogP) is 7.01. The zero-order valence-electron chi connectivity index (χ0n) is 31.5. The van der Waals surface area contributed by atoms with Gasteiger partial charge >= 0.3 is 0 Å². The van der Waals surface area contributed by atoms with Gasteiger partial charge in [-0.25, -0.2) is 9.03 Å². The highest BCUT2D eigenvalue weighted by atomic mass is 32.1. The SMILES string of the molecule is O=C(Nc1nc2cccc(-c3ccc(COCCC4=CCN=C4)s3)n2n1)C1CC1.O=C(Nc1nc2cccc(-c3ccc(COCCc4cn[nH]c4)s3)n2n1)C1CC1. The third-order valence-electron chi connectivity index (χ3n) is 9.74. The fraction of sp³-hybridized carbons (Fsp3) is 0.317. The number of carbonyl (C=O) groups excluding carboxylic acids is 2. The lowest BCUT2D eigenvalue weighted by molar-refractivity contribution is -0.118. The van der Waals surface area contributed by atoms with E-state index in [-0.39, 0.29) is 23.7 Å². The predicted molar refractivity (Wildman–Crippen MR) is 223 cm³/mol. The summed E-state index contributed by atoms with van der Waals surface area (Å²) in [6, 6.07) is 20.0. The van der Waals surface area contributed by atoms with Crippen molar-refractivity contribution in [2.45, 2.75) is 51.7 Å². The zero-order chi connectivity index (χ0) is 39.3. The maximum absolute atomic E-state index is 12.0. The van der Waals surface area contributed by atoms with Crippen LogP contribution in [0.5, 0.6) is 0 Å². The molecule has 8 heterocycles. The maximum atomic E-state index is 12.0. The first-order valence-electron chi connectivity index (χ1n) is 19.4. The van der Waals surface area contributed by atoms with Gasteiger partial charge in [0.15, 0.2) is 11.3 Å². The highest BCUT2D eigenvalue weighted by molar-refractivity contribution is 7.15. The monoisotopic (exact) mass is 815 g/mol. The van der Waals surface area contributed by atoms with Gasteiger partial charge in [0, 0.05) is 34.0 Å². The second-order valence-corrected chi connectivity index (χ2v) is 16.6. The van der Waals surface area contributed by atoms with Crippen molar-refractivity contribution in [1.29, 1.82) is 0 Å². The fourth-order valence-electron chi connectivity index (χ4n) is 6.29. The Labute approximate surface area is 341 Å².